The maximum atomic E-state index is 11.0. The zero-order valence-electron chi connectivity index (χ0n) is 11.9. The molecule has 0 unspecified atom stereocenters. The summed E-state index contributed by atoms with van der Waals surface area (Å²) in [5.41, 5.74) is 6.27. The number of nitrogens with two attached hydrogens (primary N) is 1. The molecule has 0 heterocycles. The number of carboxylic acids is 1. The molecule has 0 aliphatic carbocycles. The molecule has 0 radical (unpaired) electrons. The van der Waals surface area contributed by atoms with Crippen LogP contribution in [0, 0.1) is 0 Å². The molecule has 0 saturated carbocycles. The van der Waals surface area contributed by atoms with Crippen molar-refractivity contribution in [1.82, 2.24) is 0 Å². The van der Waals surface area contributed by atoms with Crippen LogP contribution in [0.4, 0.5) is 5.69 Å². The summed E-state index contributed by atoms with van der Waals surface area (Å²) in [6, 6.07) is 8.34. The van der Waals surface area contributed by atoms with Crippen molar-refractivity contribution in [2.24, 2.45) is 0 Å². The number of methoxy groups -OCH3 is 1. The quantitative estimate of drug-likeness (QED) is 0.560. The molecular weight excluding hydrogens is 345 g/mol. The lowest BCUT2D eigenvalue weighted by atomic mass is 10.2. The number of esters is 1. The van der Waals surface area contributed by atoms with Crippen LogP contribution >= 0.6 is 23.2 Å². The van der Waals surface area contributed by atoms with Gasteiger partial charge in [-0.25, -0.2) is 9.59 Å². The van der Waals surface area contributed by atoms with E-state index in [9.17, 15) is 9.59 Å². The van der Waals surface area contributed by atoms with Crippen LogP contribution in [0.1, 0.15) is 20.7 Å². The van der Waals surface area contributed by atoms with E-state index < -0.39 is 11.9 Å². The summed E-state index contributed by atoms with van der Waals surface area (Å²) >= 11 is 11.2. The third-order valence-corrected chi connectivity index (χ3v) is 3.21. The molecule has 6 nitrogen and oxygen atoms in total. The van der Waals surface area contributed by atoms with E-state index in [1.165, 1.54) is 37.4 Å². The van der Waals surface area contributed by atoms with E-state index in [1.807, 2.05) is 0 Å². The highest BCUT2D eigenvalue weighted by atomic mass is 35.5. The standard InChI is InChI=1S/C8H8ClNO2.C7H5ClO3/c1-12-8(11)6-3-2-5(10)4-7(6)9;8-6-3-4(9)1-2-5(6)7(10)11/h2-4H,10H2,1H3;1-3,9H,(H,10,11). The van der Waals surface area contributed by atoms with Crippen LogP contribution in [0.25, 0.3) is 0 Å². The number of aromatic hydroxyl groups is 1. The lowest BCUT2D eigenvalue weighted by molar-refractivity contribution is 0.0600. The molecule has 0 bridgehead atoms. The number of phenolic OH excluding ortho intramolecular Hbond substituents is 1. The predicted octanol–water partition coefficient (Wildman–Crippen LogP) is 3.45. The topological polar surface area (TPSA) is 110 Å². The van der Waals surface area contributed by atoms with Crippen molar-refractivity contribution < 1.29 is 24.5 Å². The van der Waals surface area contributed by atoms with Crippen LogP contribution in [0.2, 0.25) is 10.0 Å². The maximum absolute atomic E-state index is 11.0. The van der Waals surface area contributed by atoms with Crippen LogP contribution in [-0.4, -0.2) is 29.3 Å². The number of benzene rings is 2. The van der Waals surface area contributed by atoms with Crippen molar-refractivity contribution in [2.45, 2.75) is 0 Å². The van der Waals surface area contributed by atoms with Crippen molar-refractivity contribution in [2.75, 3.05) is 12.8 Å². The average Bonchev–Trinajstić information content (AvgIpc) is 2.46. The van der Waals surface area contributed by atoms with Gasteiger partial charge >= 0.3 is 11.9 Å². The molecule has 0 fully saturated rings. The van der Waals surface area contributed by atoms with Crippen molar-refractivity contribution in [1.29, 1.82) is 0 Å². The summed E-state index contributed by atoms with van der Waals surface area (Å²) in [6.45, 7) is 0. The molecule has 8 heteroatoms. The molecule has 23 heavy (non-hydrogen) atoms. The van der Waals surface area contributed by atoms with Gasteiger partial charge in [0, 0.05) is 5.69 Å². The van der Waals surface area contributed by atoms with Crippen LogP contribution in [-0.2, 0) is 4.74 Å². The minimum absolute atomic E-state index is 0.00975. The van der Waals surface area contributed by atoms with Gasteiger partial charge in [0.15, 0.2) is 0 Å². The van der Waals surface area contributed by atoms with Gasteiger partial charge in [0.2, 0.25) is 0 Å². The van der Waals surface area contributed by atoms with E-state index in [0.29, 0.717) is 16.3 Å². The fourth-order valence-corrected chi connectivity index (χ4v) is 2.01. The Morgan fingerprint density at radius 3 is 2.09 bits per heavy atom. The highest BCUT2D eigenvalue weighted by Crippen LogP contribution is 2.21. The Labute approximate surface area is 142 Å². The number of carbonyl (C=O) groups excluding carboxylic acids is 1. The molecule has 0 spiro atoms. The first-order valence-electron chi connectivity index (χ1n) is 6.11. The Morgan fingerprint density at radius 1 is 1.04 bits per heavy atom. The summed E-state index contributed by atoms with van der Waals surface area (Å²) < 4.78 is 4.49. The number of anilines is 1. The second kappa shape index (κ2) is 8.26. The Bertz CT molecular complexity index is 734. The highest BCUT2D eigenvalue weighted by Gasteiger charge is 2.09. The van der Waals surface area contributed by atoms with Gasteiger partial charge in [0.1, 0.15) is 5.75 Å². The van der Waals surface area contributed by atoms with E-state index in [4.69, 9.17) is 39.1 Å². The van der Waals surface area contributed by atoms with E-state index in [-0.39, 0.29) is 16.3 Å². The molecule has 0 saturated heterocycles. The fourth-order valence-electron chi connectivity index (χ4n) is 1.48. The van der Waals surface area contributed by atoms with E-state index >= 15 is 0 Å². The van der Waals surface area contributed by atoms with E-state index in [1.54, 1.807) is 6.07 Å². The minimum Gasteiger partial charge on any atom is -0.508 e. The summed E-state index contributed by atoms with van der Waals surface area (Å²) in [5.74, 6) is -1.60. The zero-order valence-corrected chi connectivity index (χ0v) is 13.4. The van der Waals surface area contributed by atoms with E-state index in [0.717, 1.165) is 0 Å². The minimum atomic E-state index is -1.10. The third kappa shape index (κ3) is 5.36. The Morgan fingerprint density at radius 2 is 1.61 bits per heavy atom. The molecular formula is C15H13Cl2NO5. The van der Waals surface area contributed by atoms with E-state index in [2.05, 4.69) is 4.74 Å². The number of halogens is 2. The summed E-state index contributed by atoms with van der Waals surface area (Å²) in [6.07, 6.45) is 0. The van der Waals surface area contributed by atoms with Gasteiger partial charge < -0.3 is 20.7 Å². The van der Waals surface area contributed by atoms with Crippen LogP contribution in [0.5, 0.6) is 5.75 Å². The molecule has 0 atom stereocenters. The first kappa shape index (κ1) is 18.6. The van der Waals surface area contributed by atoms with Gasteiger partial charge in [0.25, 0.3) is 0 Å². The van der Waals surface area contributed by atoms with Gasteiger partial charge in [0.05, 0.1) is 28.3 Å². The summed E-state index contributed by atoms with van der Waals surface area (Å²) in [7, 11) is 1.30. The third-order valence-electron chi connectivity index (χ3n) is 2.58. The summed E-state index contributed by atoms with van der Waals surface area (Å²) in [5, 5.41) is 17.7. The van der Waals surface area contributed by atoms with Crippen LogP contribution in [0.15, 0.2) is 36.4 Å². The molecule has 0 amide bonds. The smallest absolute Gasteiger partial charge is 0.339 e. The lowest BCUT2D eigenvalue weighted by Crippen LogP contribution is -2.02. The highest BCUT2D eigenvalue weighted by molar-refractivity contribution is 6.34. The first-order valence-corrected chi connectivity index (χ1v) is 6.87. The largest absolute Gasteiger partial charge is 0.508 e. The average molecular weight is 358 g/mol. The molecule has 2 rings (SSSR count). The number of nitrogen functional groups attached to an aromatic ring is 1. The number of ether oxygens (including phenoxy) is 1. The monoisotopic (exact) mass is 357 g/mol. The van der Waals surface area contributed by atoms with Crippen LogP contribution in [0.3, 0.4) is 0 Å². The number of hydrogen-bond donors (Lipinski definition) is 3. The van der Waals surface area contributed by atoms with Gasteiger partial charge in [-0.05, 0) is 36.4 Å². The zero-order chi connectivity index (χ0) is 17.6. The Hall–Kier alpha value is -2.44. The van der Waals surface area contributed by atoms with Crippen molar-refractivity contribution in [3.63, 3.8) is 0 Å². The van der Waals surface area contributed by atoms with Gasteiger partial charge in [-0.2, -0.15) is 0 Å². The second-order valence-corrected chi connectivity index (χ2v) is 5.01. The van der Waals surface area contributed by atoms with Gasteiger partial charge in [-0.1, -0.05) is 23.2 Å². The summed E-state index contributed by atoms with van der Waals surface area (Å²) in [4.78, 5) is 21.4. The van der Waals surface area contributed by atoms with Gasteiger partial charge in [-0.15, -0.1) is 0 Å². The van der Waals surface area contributed by atoms with Crippen molar-refractivity contribution in [3.8, 4) is 5.75 Å². The van der Waals surface area contributed by atoms with Crippen LogP contribution < -0.4 is 5.73 Å². The second-order valence-electron chi connectivity index (χ2n) is 4.20. The van der Waals surface area contributed by atoms with Crippen molar-refractivity contribution >= 4 is 40.8 Å². The number of phenols is 1. The number of aromatic carboxylic acids is 1. The van der Waals surface area contributed by atoms with Gasteiger partial charge in [-0.3, -0.25) is 0 Å². The Kier molecular flexibility index (Phi) is 6.68. The molecule has 4 N–H and O–H groups in total. The molecule has 0 aromatic heterocycles. The number of hydrogen-bond acceptors (Lipinski definition) is 5. The number of carbonyl (C=O) groups is 2. The SMILES string of the molecule is COC(=O)c1ccc(N)cc1Cl.O=C(O)c1ccc(O)cc1Cl. The molecule has 0 aliphatic rings. The lowest BCUT2D eigenvalue weighted by Gasteiger charge is -2.01. The number of carboxylic acid groups (broad SMARTS) is 1. The fraction of sp³-hybridized carbons (Fsp3) is 0.0667. The van der Waals surface area contributed by atoms with Crippen molar-refractivity contribution in [3.05, 3.63) is 57.6 Å². The number of rotatable bonds is 2. The Balaban J connectivity index is 0.000000231. The molecule has 122 valence electrons. The molecule has 2 aromatic rings. The normalized spacial score (nSPS) is 9.52. The molecule has 2 aromatic carbocycles. The maximum Gasteiger partial charge on any atom is 0.339 e. The predicted molar refractivity (Wildman–Crippen MR) is 87.3 cm³/mol. The molecule has 0 aliphatic heterocycles. The first-order chi connectivity index (χ1) is 10.8.